The number of carbonyl (C=O) groups excluding carboxylic acids is 3. The van der Waals surface area contributed by atoms with Crippen LogP contribution in [0.15, 0.2) is 53.3 Å². The number of halogens is 4. The molecule has 1 heterocycles. The summed E-state index contributed by atoms with van der Waals surface area (Å²) >= 11 is 6.17. The second kappa shape index (κ2) is 11.8. The predicted octanol–water partition coefficient (Wildman–Crippen LogP) is 3.92. The van der Waals surface area contributed by atoms with Crippen molar-refractivity contribution in [3.8, 4) is 11.1 Å². The minimum atomic E-state index is -4.76. The Hall–Kier alpha value is -3.96. The number of nitrogens with one attached hydrogen (secondary N) is 1. The highest BCUT2D eigenvalue weighted by Crippen LogP contribution is 2.36. The maximum Gasteiger partial charge on any atom is 0.417 e. The van der Waals surface area contributed by atoms with Crippen LogP contribution in [0.4, 0.5) is 13.2 Å². The number of nitrogens with zero attached hydrogens (tertiary/aromatic N) is 1. The van der Waals surface area contributed by atoms with E-state index in [1.807, 2.05) is 0 Å². The Labute approximate surface area is 226 Å². The summed E-state index contributed by atoms with van der Waals surface area (Å²) in [6, 6.07) is 9.67. The second-order valence-corrected chi connectivity index (χ2v) is 9.16. The molecule has 1 atom stereocenters. The summed E-state index contributed by atoms with van der Waals surface area (Å²) in [7, 11) is 1.37. The Balaban J connectivity index is 1.96. The third-order valence-corrected chi connectivity index (χ3v) is 6.35. The van der Waals surface area contributed by atoms with E-state index in [1.54, 1.807) is 12.1 Å². The molecule has 12 heteroatoms. The fourth-order valence-electron chi connectivity index (χ4n) is 4.00. The number of pyridine rings is 1. The van der Waals surface area contributed by atoms with E-state index < -0.39 is 46.8 Å². The number of aryl methyl sites for hydroxylation is 1. The highest BCUT2D eigenvalue weighted by Gasteiger charge is 2.36. The summed E-state index contributed by atoms with van der Waals surface area (Å²) in [5.74, 6) is -2.68. The van der Waals surface area contributed by atoms with Crippen molar-refractivity contribution in [3.05, 3.63) is 91.9 Å². The van der Waals surface area contributed by atoms with Crippen LogP contribution >= 0.6 is 11.6 Å². The zero-order chi connectivity index (χ0) is 29.1. The van der Waals surface area contributed by atoms with E-state index in [1.165, 1.54) is 44.3 Å². The van der Waals surface area contributed by atoms with Crippen molar-refractivity contribution >= 4 is 29.4 Å². The molecule has 206 valence electrons. The van der Waals surface area contributed by atoms with Crippen LogP contribution in [0.1, 0.15) is 39.7 Å². The lowest BCUT2D eigenvalue weighted by Crippen LogP contribution is -2.44. The van der Waals surface area contributed by atoms with Gasteiger partial charge < -0.3 is 20.4 Å². The zero-order valence-corrected chi connectivity index (χ0v) is 21.9. The van der Waals surface area contributed by atoms with Crippen molar-refractivity contribution in [1.82, 2.24) is 9.88 Å². The molecule has 0 spiro atoms. The summed E-state index contributed by atoms with van der Waals surface area (Å²) in [6.45, 7) is 2.41. The Morgan fingerprint density at radius 1 is 1.13 bits per heavy atom. The van der Waals surface area contributed by atoms with Crippen molar-refractivity contribution in [1.29, 1.82) is 0 Å². The predicted molar refractivity (Wildman–Crippen MR) is 138 cm³/mol. The van der Waals surface area contributed by atoms with Crippen LogP contribution in [-0.2, 0) is 40.5 Å². The molecule has 3 rings (SSSR count). The van der Waals surface area contributed by atoms with Gasteiger partial charge in [0.2, 0.25) is 0 Å². The Bertz CT molecular complexity index is 1480. The zero-order valence-electron chi connectivity index (χ0n) is 21.2. The molecular weight excluding hydrogens is 539 g/mol. The number of nitrogens with two attached hydrogens (primary N) is 1. The molecule has 0 saturated carbocycles. The molecule has 0 radical (unpaired) electrons. The van der Waals surface area contributed by atoms with Gasteiger partial charge in [0.15, 0.2) is 0 Å². The number of ether oxygens (including phenoxy) is 1. The van der Waals surface area contributed by atoms with Gasteiger partial charge in [0, 0.05) is 32.6 Å². The fourth-order valence-corrected chi connectivity index (χ4v) is 4.28. The van der Waals surface area contributed by atoms with Gasteiger partial charge in [-0.1, -0.05) is 48.0 Å². The van der Waals surface area contributed by atoms with Crippen LogP contribution in [0.25, 0.3) is 11.1 Å². The smallest absolute Gasteiger partial charge is 0.392 e. The van der Waals surface area contributed by atoms with Gasteiger partial charge in [-0.05, 0) is 35.7 Å². The average molecular weight is 564 g/mol. The number of carbonyl (C=O) groups is 3. The quantitative estimate of drug-likeness (QED) is 0.332. The van der Waals surface area contributed by atoms with Crippen LogP contribution in [0.3, 0.4) is 0 Å². The number of benzene rings is 2. The molecular formula is C27H25ClF3N3O5. The molecule has 0 aliphatic carbocycles. The summed E-state index contributed by atoms with van der Waals surface area (Å²) in [5.41, 5.74) is 4.32. The van der Waals surface area contributed by atoms with E-state index in [0.29, 0.717) is 11.1 Å². The number of hydrogen-bond donors (Lipinski definition) is 2. The van der Waals surface area contributed by atoms with Crippen LogP contribution < -0.4 is 16.6 Å². The van der Waals surface area contributed by atoms with Crippen molar-refractivity contribution in [3.63, 3.8) is 0 Å². The Morgan fingerprint density at radius 3 is 2.33 bits per heavy atom. The number of alkyl halides is 3. The van der Waals surface area contributed by atoms with Crippen LogP contribution in [0.2, 0.25) is 5.02 Å². The first-order chi connectivity index (χ1) is 18.2. The molecule has 1 aromatic heterocycles. The number of hydrogen-bond acceptors (Lipinski definition) is 6. The van der Waals surface area contributed by atoms with E-state index >= 15 is 0 Å². The molecule has 0 saturated heterocycles. The molecule has 0 unspecified atom stereocenters. The third kappa shape index (κ3) is 6.73. The minimum Gasteiger partial charge on any atom is -0.392 e. The summed E-state index contributed by atoms with van der Waals surface area (Å²) in [6.07, 6.45) is -4.95. The largest absolute Gasteiger partial charge is 0.417 e. The molecule has 0 fully saturated rings. The number of rotatable bonds is 7. The highest BCUT2D eigenvalue weighted by atomic mass is 35.5. The Kier molecular flexibility index (Phi) is 8.98. The van der Waals surface area contributed by atoms with Gasteiger partial charge in [-0.3, -0.25) is 14.4 Å². The van der Waals surface area contributed by atoms with E-state index in [-0.39, 0.29) is 34.8 Å². The molecule has 39 heavy (non-hydrogen) atoms. The molecule has 3 N–H and O–H groups in total. The number of esters is 2. The van der Waals surface area contributed by atoms with Gasteiger partial charge in [-0.25, -0.2) is 4.79 Å². The van der Waals surface area contributed by atoms with Gasteiger partial charge >= 0.3 is 18.1 Å². The van der Waals surface area contributed by atoms with E-state index in [9.17, 15) is 32.3 Å². The summed E-state index contributed by atoms with van der Waals surface area (Å²) < 4.78 is 47.0. The van der Waals surface area contributed by atoms with Gasteiger partial charge in [-0.15, -0.1) is 0 Å². The van der Waals surface area contributed by atoms with Crippen molar-refractivity contribution in [2.24, 2.45) is 12.8 Å². The topological polar surface area (TPSA) is 120 Å². The van der Waals surface area contributed by atoms with Crippen molar-refractivity contribution in [2.45, 2.75) is 39.0 Å². The lowest BCUT2D eigenvalue weighted by molar-refractivity contribution is -0.159. The first-order valence-corrected chi connectivity index (χ1v) is 12.0. The maximum atomic E-state index is 13.7. The third-order valence-electron chi connectivity index (χ3n) is 6.04. The molecule has 3 aromatic rings. The van der Waals surface area contributed by atoms with E-state index in [4.69, 9.17) is 17.3 Å². The van der Waals surface area contributed by atoms with Gasteiger partial charge in [-0.2, -0.15) is 13.2 Å². The lowest BCUT2D eigenvalue weighted by Gasteiger charge is -2.19. The van der Waals surface area contributed by atoms with E-state index in [2.05, 4.69) is 10.1 Å². The number of amides is 1. The first kappa shape index (κ1) is 29.6. The number of aromatic nitrogens is 1. The van der Waals surface area contributed by atoms with Gasteiger partial charge in [0.05, 0.1) is 21.7 Å². The van der Waals surface area contributed by atoms with E-state index in [0.717, 1.165) is 17.6 Å². The highest BCUT2D eigenvalue weighted by molar-refractivity contribution is 6.34. The van der Waals surface area contributed by atoms with Crippen LogP contribution in [0.5, 0.6) is 0 Å². The van der Waals surface area contributed by atoms with Gasteiger partial charge in [0.25, 0.3) is 11.5 Å². The van der Waals surface area contributed by atoms with Crippen molar-refractivity contribution in [2.75, 3.05) is 0 Å². The minimum absolute atomic E-state index is 0.00821. The van der Waals surface area contributed by atoms with Crippen LogP contribution in [-0.4, -0.2) is 28.5 Å². The van der Waals surface area contributed by atoms with Gasteiger partial charge in [0.1, 0.15) is 6.04 Å². The normalized spacial score (nSPS) is 12.1. The fraction of sp³-hybridized carbons (Fsp3) is 0.259. The summed E-state index contributed by atoms with van der Waals surface area (Å²) in [5, 5.41) is 2.59. The maximum absolute atomic E-state index is 13.7. The molecule has 0 aliphatic heterocycles. The van der Waals surface area contributed by atoms with Crippen molar-refractivity contribution < 1.29 is 32.3 Å². The SMILES string of the molecule is CC(=O)OC(=O)[C@H](Cc1ccc(-c2c(C(F)(F)F)cc(C)n(C)c2=O)cc1)NC(=O)c1c(Cl)cccc1CN. The Morgan fingerprint density at radius 2 is 1.77 bits per heavy atom. The second-order valence-electron chi connectivity index (χ2n) is 8.75. The molecule has 8 nitrogen and oxygen atoms in total. The van der Waals surface area contributed by atoms with Crippen LogP contribution in [0, 0.1) is 6.92 Å². The lowest BCUT2D eigenvalue weighted by atomic mass is 9.97. The molecule has 2 aromatic carbocycles. The summed E-state index contributed by atoms with van der Waals surface area (Å²) in [4.78, 5) is 49.8. The monoisotopic (exact) mass is 563 g/mol. The average Bonchev–Trinajstić information content (AvgIpc) is 2.86. The molecule has 0 aliphatic rings. The standard InChI is InChI=1S/C27H25ClF3N3O5/c1-14-11-19(27(29,30)31)22(25(37)34(14)3)17-9-7-16(8-10-17)12-21(26(38)39-15(2)35)33-24(36)23-18(13-32)5-4-6-20(23)28/h4-11,21H,12-13,32H2,1-3H3,(H,33,36)/t21-/m0/s1. The first-order valence-electron chi connectivity index (χ1n) is 11.6. The molecule has 1 amide bonds. The molecule has 0 bridgehead atoms.